The Morgan fingerprint density at radius 2 is 1.80 bits per heavy atom. The van der Waals surface area contributed by atoms with Gasteiger partial charge >= 0.3 is 0 Å². The van der Waals surface area contributed by atoms with E-state index in [1.54, 1.807) is 30.5 Å². The van der Waals surface area contributed by atoms with E-state index in [-0.39, 0.29) is 11.9 Å². The minimum Gasteiger partial charge on any atom is -0.351 e. The Hall–Kier alpha value is -3.14. The number of fused-ring (bicyclic) bond motifs is 1. The zero-order chi connectivity index (χ0) is 24.4. The fourth-order valence-corrected chi connectivity index (χ4v) is 5.37. The molecular weight excluding hydrogens is 487 g/mol. The highest BCUT2D eigenvalue weighted by Gasteiger charge is 2.19. The SMILES string of the molecule is NC1CCC(Nc2ncc3cc(-c4cnc(NS(=O)c5ccccc5Cl)c(F)c4)ccc3n2)CC1. The Morgan fingerprint density at radius 3 is 2.57 bits per heavy atom. The molecule has 0 radical (unpaired) electrons. The van der Waals surface area contributed by atoms with E-state index in [1.807, 2.05) is 18.2 Å². The van der Waals surface area contributed by atoms with Crippen LogP contribution in [0.5, 0.6) is 0 Å². The van der Waals surface area contributed by atoms with Crippen molar-refractivity contribution < 1.29 is 8.60 Å². The summed E-state index contributed by atoms with van der Waals surface area (Å²) in [4.78, 5) is 13.6. The van der Waals surface area contributed by atoms with Gasteiger partial charge in [-0.15, -0.1) is 0 Å². The summed E-state index contributed by atoms with van der Waals surface area (Å²) in [6, 6.07) is 14.3. The summed E-state index contributed by atoms with van der Waals surface area (Å²) < 4.78 is 29.9. The first kappa shape index (κ1) is 23.6. The second-order valence-electron chi connectivity index (χ2n) is 8.58. The fraction of sp³-hybridized carbons (Fsp3) is 0.240. The normalized spacial score (nSPS) is 18.8. The Morgan fingerprint density at radius 1 is 1.00 bits per heavy atom. The third kappa shape index (κ3) is 5.42. The highest BCUT2D eigenvalue weighted by Crippen LogP contribution is 2.27. The Bertz CT molecular complexity index is 1400. The maximum absolute atomic E-state index is 14.8. The number of nitrogens with zero attached hydrogens (tertiary/aromatic N) is 3. The number of hydrogen-bond acceptors (Lipinski definition) is 6. The van der Waals surface area contributed by atoms with Crippen molar-refractivity contribution in [2.24, 2.45) is 5.73 Å². The minimum absolute atomic E-state index is 0.115. The molecule has 4 N–H and O–H groups in total. The van der Waals surface area contributed by atoms with Crippen molar-refractivity contribution in [2.45, 2.75) is 42.7 Å². The number of pyridine rings is 1. The van der Waals surface area contributed by atoms with Crippen molar-refractivity contribution in [3.8, 4) is 11.1 Å². The van der Waals surface area contributed by atoms with Gasteiger partial charge in [0, 0.05) is 35.4 Å². The van der Waals surface area contributed by atoms with Crippen LogP contribution in [0, 0.1) is 5.82 Å². The van der Waals surface area contributed by atoms with Crippen LogP contribution in [-0.4, -0.2) is 31.2 Å². The minimum atomic E-state index is -1.75. The molecule has 4 aromatic rings. The van der Waals surface area contributed by atoms with E-state index in [9.17, 15) is 8.60 Å². The summed E-state index contributed by atoms with van der Waals surface area (Å²) in [5, 5.41) is 4.57. The van der Waals surface area contributed by atoms with Gasteiger partial charge < -0.3 is 11.1 Å². The summed E-state index contributed by atoms with van der Waals surface area (Å²) in [5.74, 6) is -0.137. The van der Waals surface area contributed by atoms with Gasteiger partial charge in [-0.25, -0.2) is 23.6 Å². The van der Waals surface area contributed by atoms with E-state index in [0.29, 0.717) is 27.5 Å². The van der Waals surface area contributed by atoms with Crippen LogP contribution in [-0.2, 0) is 11.0 Å². The van der Waals surface area contributed by atoms with Crippen molar-refractivity contribution in [2.75, 3.05) is 10.0 Å². The Balaban J connectivity index is 1.32. The summed E-state index contributed by atoms with van der Waals surface area (Å²) in [5.41, 5.74) is 8.13. The third-order valence-electron chi connectivity index (χ3n) is 6.09. The summed E-state index contributed by atoms with van der Waals surface area (Å²) >= 11 is 6.08. The van der Waals surface area contributed by atoms with E-state index >= 15 is 0 Å². The predicted molar refractivity (Wildman–Crippen MR) is 138 cm³/mol. The molecule has 2 aromatic carbocycles. The first-order valence-corrected chi connectivity index (χ1v) is 12.9. The van der Waals surface area contributed by atoms with Crippen LogP contribution in [0.4, 0.5) is 16.2 Å². The first-order valence-electron chi connectivity index (χ1n) is 11.3. The number of benzene rings is 2. The molecule has 0 aliphatic heterocycles. The van der Waals surface area contributed by atoms with Gasteiger partial charge in [-0.3, -0.25) is 4.72 Å². The molecule has 2 aromatic heterocycles. The number of halogens is 2. The van der Waals surface area contributed by atoms with Gasteiger partial charge in [0.15, 0.2) is 22.6 Å². The molecule has 7 nitrogen and oxygen atoms in total. The molecule has 0 saturated heterocycles. The fourth-order valence-electron chi connectivity index (χ4n) is 4.14. The number of anilines is 2. The molecule has 35 heavy (non-hydrogen) atoms. The number of aromatic nitrogens is 3. The van der Waals surface area contributed by atoms with Crippen LogP contribution in [0.1, 0.15) is 25.7 Å². The average Bonchev–Trinajstić information content (AvgIpc) is 2.86. The standard InChI is InChI=1S/C25H24ClFN6OS/c26-20-3-1-2-4-23(20)35(34)33-24-21(27)12-16(13-29-24)15-5-10-22-17(11-15)14-30-25(32-22)31-19-8-6-18(28)7-9-19/h1-5,10-14,18-19H,6-9,28H2,(H,29,33)(H,30,31,32). The van der Waals surface area contributed by atoms with Crippen LogP contribution < -0.4 is 15.8 Å². The number of nitrogens with two attached hydrogens (primary N) is 1. The molecule has 1 saturated carbocycles. The number of hydrogen-bond donors (Lipinski definition) is 3. The van der Waals surface area contributed by atoms with Crippen LogP contribution in [0.2, 0.25) is 5.02 Å². The maximum atomic E-state index is 14.8. The Kier molecular flexibility index (Phi) is 6.90. The molecule has 1 unspecified atom stereocenters. The second kappa shape index (κ2) is 10.2. The molecule has 2 heterocycles. The molecular formula is C25H24ClFN6OS. The monoisotopic (exact) mass is 510 g/mol. The molecule has 1 aliphatic rings. The molecule has 10 heteroatoms. The largest absolute Gasteiger partial charge is 0.351 e. The number of rotatable bonds is 6. The lowest BCUT2D eigenvalue weighted by Gasteiger charge is -2.26. The average molecular weight is 511 g/mol. The van der Waals surface area contributed by atoms with E-state index in [1.165, 1.54) is 12.3 Å². The van der Waals surface area contributed by atoms with Gasteiger partial charge in [-0.1, -0.05) is 29.8 Å². The third-order valence-corrected chi connectivity index (χ3v) is 7.66. The van der Waals surface area contributed by atoms with E-state index < -0.39 is 16.8 Å². The predicted octanol–water partition coefficient (Wildman–Crippen LogP) is 5.30. The van der Waals surface area contributed by atoms with E-state index in [2.05, 4.69) is 25.0 Å². The van der Waals surface area contributed by atoms with Gasteiger partial charge in [-0.05, 0) is 61.6 Å². The molecule has 1 aliphatic carbocycles. The van der Waals surface area contributed by atoms with E-state index in [4.69, 9.17) is 17.3 Å². The highest BCUT2D eigenvalue weighted by atomic mass is 35.5. The number of nitrogens with one attached hydrogen (secondary N) is 2. The molecule has 1 atom stereocenters. The van der Waals surface area contributed by atoms with Crippen LogP contribution >= 0.6 is 11.6 Å². The van der Waals surface area contributed by atoms with Crippen molar-refractivity contribution in [1.82, 2.24) is 15.0 Å². The van der Waals surface area contributed by atoms with Crippen LogP contribution in [0.3, 0.4) is 0 Å². The summed E-state index contributed by atoms with van der Waals surface area (Å²) in [7, 11) is -1.75. The molecule has 180 valence electrons. The zero-order valence-electron chi connectivity index (χ0n) is 18.7. The van der Waals surface area contributed by atoms with Crippen molar-refractivity contribution in [1.29, 1.82) is 0 Å². The van der Waals surface area contributed by atoms with Gasteiger partial charge in [0.1, 0.15) is 0 Å². The quantitative estimate of drug-likeness (QED) is 0.325. The van der Waals surface area contributed by atoms with Gasteiger partial charge in [0.05, 0.1) is 15.4 Å². The lowest BCUT2D eigenvalue weighted by atomic mass is 9.92. The molecule has 1 fully saturated rings. The Labute approximate surface area is 209 Å². The van der Waals surface area contributed by atoms with Gasteiger partial charge in [0.2, 0.25) is 5.95 Å². The highest BCUT2D eigenvalue weighted by molar-refractivity contribution is 7.86. The second-order valence-corrected chi connectivity index (χ2v) is 10.2. The topological polar surface area (TPSA) is 106 Å². The first-order chi connectivity index (χ1) is 17.0. The molecule has 5 rings (SSSR count). The van der Waals surface area contributed by atoms with Gasteiger partial charge in [-0.2, -0.15) is 0 Å². The molecule has 0 spiro atoms. The molecule has 0 bridgehead atoms. The lowest BCUT2D eigenvalue weighted by Crippen LogP contribution is -2.33. The van der Waals surface area contributed by atoms with E-state index in [0.717, 1.165) is 42.1 Å². The van der Waals surface area contributed by atoms with Gasteiger partial charge in [0.25, 0.3) is 0 Å². The van der Waals surface area contributed by atoms with Crippen molar-refractivity contribution in [3.63, 3.8) is 0 Å². The summed E-state index contributed by atoms with van der Waals surface area (Å²) in [6.45, 7) is 0. The van der Waals surface area contributed by atoms with Crippen molar-refractivity contribution in [3.05, 3.63) is 71.8 Å². The molecule has 0 amide bonds. The summed E-state index contributed by atoms with van der Waals surface area (Å²) in [6.07, 6.45) is 7.32. The zero-order valence-corrected chi connectivity index (χ0v) is 20.3. The van der Waals surface area contributed by atoms with Crippen molar-refractivity contribution >= 4 is 45.3 Å². The van der Waals surface area contributed by atoms with Crippen LogP contribution in [0.25, 0.3) is 22.0 Å². The lowest BCUT2D eigenvalue weighted by molar-refractivity contribution is 0.410. The van der Waals surface area contributed by atoms with Crippen LogP contribution in [0.15, 0.2) is 65.8 Å². The smallest absolute Gasteiger partial charge is 0.223 e. The maximum Gasteiger partial charge on any atom is 0.223 e.